The fourth-order valence-corrected chi connectivity index (χ4v) is 4.45. The topological polar surface area (TPSA) is 91.8 Å². The van der Waals surface area contributed by atoms with Crippen LogP contribution in [0.4, 0.5) is 5.13 Å². The Labute approximate surface area is 193 Å². The quantitative estimate of drug-likeness (QED) is 0.277. The number of aryl methyl sites for hydroxylation is 2. The van der Waals surface area contributed by atoms with Crippen molar-refractivity contribution in [3.05, 3.63) is 83.1 Å². The van der Waals surface area contributed by atoms with Crippen molar-refractivity contribution in [2.45, 2.75) is 23.8 Å². The molecule has 0 aliphatic heterocycles. The maximum atomic E-state index is 12.6. The van der Waals surface area contributed by atoms with Gasteiger partial charge in [-0.1, -0.05) is 65.1 Å². The van der Waals surface area contributed by atoms with E-state index in [0.29, 0.717) is 21.0 Å². The second kappa shape index (κ2) is 9.64. The van der Waals surface area contributed by atoms with E-state index in [-0.39, 0.29) is 5.57 Å². The lowest BCUT2D eigenvalue weighted by molar-refractivity contribution is -0.112. The molecule has 2 heterocycles. The van der Waals surface area contributed by atoms with Crippen molar-refractivity contribution >= 4 is 40.2 Å². The van der Waals surface area contributed by atoms with Gasteiger partial charge in [-0.3, -0.25) is 10.1 Å². The van der Waals surface area contributed by atoms with Crippen LogP contribution in [-0.2, 0) is 4.79 Å². The molecule has 0 bridgehead atoms. The van der Waals surface area contributed by atoms with Crippen LogP contribution in [0.15, 0.2) is 80.6 Å². The van der Waals surface area contributed by atoms with Crippen LogP contribution in [-0.4, -0.2) is 16.1 Å². The third-order valence-corrected chi connectivity index (χ3v) is 6.31. The summed E-state index contributed by atoms with van der Waals surface area (Å²) in [5.74, 6) is -0.145. The number of carbonyl (C=O) groups excluding carboxylic acids is 1. The van der Waals surface area contributed by atoms with Crippen LogP contribution in [0.1, 0.15) is 16.9 Å². The van der Waals surface area contributed by atoms with Gasteiger partial charge < -0.3 is 4.42 Å². The predicted molar refractivity (Wildman–Crippen MR) is 126 cm³/mol. The number of aromatic nitrogens is 2. The highest BCUT2D eigenvalue weighted by molar-refractivity contribution is 7.99. The van der Waals surface area contributed by atoms with Crippen LogP contribution in [0, 0.1) is 25.2 Å². The zero-order valence-electron chi connectivity index (χ0n) is 17.3. The highest BCUT2D eigenvalue weighted by Gasteiger charge is 2.15. The maximum Gasteiger partial charge on any atom is 0.268 e. The summed E-state index contributed by atoms with van der Waals surface area (Å²) in [6.45, 7) is 4.02. The molecule has 0 saturated carbocycles. The first-order valence-electron chi connectivity index (χ1n) is 9.69. The lowest BCUT2D eigenvalue weighted by Gasteiger charge is -2.00. The van der Waals surface area contributed by atoms with Crippen LogP contribution in [0.5, 0.6) is 0 Å². The van der Waals surface area contributed by atoms with Crippen molar-refractivity contribution in [1.29, 1.82) is 5.26 Å². The SMILES string of the molecule is Cc1ccc(Sc2ccc(/C=C(/C#N)C(=O)Nc3nnc(-c4ccccc4C)s3)o2)cc1. The summed E-state index contributed by atoms with van der Waals surface area (Å²) in [6, 6.07) is 21.4. The second-order valence-corrected chi connectivity index (χ2v) is 8.98. The van der Waals surface area contributed by atoms with Gasteiger partial charge >= 0.3 is 0 Å². The third-order valence-electron chi connectivity index (χ3n) is 4.51. The van der Waals surface area contributed by atoms with Gasteiger partial charge in [0.15, 0.2) is 5.09 Å². The number of benzene rings is 2. The summed E-state index contributed by atoms with van der Waals surface area (Å²) >= 11 is 2.72. The first-order chi connectivity index (χ1) is 15.5. The first kappa shape index (κ1) is 21.6. The molecule has 4 rings (SSSR count). The second-order valence-electron chi connectivity index (χ2n) is 6.92. The maximum absolute atomic E-state index is 12.6. The zero-order valence-corrected chi connectivity index (χ0v) is 19.0. The van der Waals surface area contributed by atoms with E-state index in [1.54, 1.807) is 6.07 Å². The highest BCUT2D eigenvalue weighted by Crippen LogP contribution is 2.31. The average molecular weight is 459 g/mol. The largest absolute Gasteiger partial charge is 0.450 e. The molecule has 6 nitrogen and oxygen atoms in total. The summed E-state index contributed by atoms with van der Waals surface area (Å²) in [4.78, 5) is 13.6. The van der Waals surface area contributed by atoms with E-state index in [9.17, 15) is 10.1 Å². The molecule has 158 valence electrons. The standard InChI is InChI=1S/C24H18N4O2S2/c1-15-7-10-19(11-8-15)31-21-12-9-18(30-21)13-17(14-25)22(29)26-24-28-27-23(32-24)20-6-4-3-5-16(20)2/h3-13H,1-2H3,(H,26,28,29)/b17-13-. The zero-order chi connectivity index (χ0) is 22.5. The van der Waals surface area contributed by atoms with Gasteiger partial charge in [0.25, 0.3) is 5.91 Å². The van der Waals surface area contributed by atoms with Gasteiger partial charge in [-0.05, 0) is 43.7 Å². The summed E-state index contributed by atoms with van der Waals surface area (Å²) in [5.41, 5.74) is 3.12. The van der Waals surface area contributed by atoms with Crippen molar-refractivity contribution in [3.63, 3.8) is 0 Å². The monoisotopic (exact) mass is 458 g/mol. The predicted octanol–water partition coefficient (Wildman–Crippen LogP) is 6.11. The van der Waals surface area contributed by atoms with E-state index < -0.39 is 5.91 Å². The molecule has 0 fully saturated rings. The van der Waals surface area contributed by atoms with Gasteiger partial charge in [0, 0.05) is 16.5 Å². The molecule has 0 aliphatic carbocycles. The number of hydrogen-bond acceptors (Lipinski definition) is 7. The Morgan fingerprint density at radius 1 is 1.09 bits per heavy atom. The van der Waals surface area contributed by atoms with Crippen LogP contribution >= 0.6 is 23.1 Å². The van der Waals surface area contributed by atoms with E-state index >= 15 is 0 Å². The molecule has 32 heavy (non-hydrogen) atoms. The van der Waals surface area contributed by atoms with Gasteiger partial charge in [-0.15, -0.1) is 10.2 Å². The van der Waals surface area contributed by atoms with Crippen molar-refractivity contribution < 1.29 is 9.21 Å². The van der Waals surface area contributed by atoms with Crippen LogP contribution < -0.4 is 5.32 Å². The summed E-state index contributed by atoms with van der Waals surface area (Å²) in [5, 5.41) is 22.0. The van der Waals surface area contributed by atoms with Gasteiger partial charge in [-0.2, -0.15) is 5.26 Å². The Hall–Kier alpha value is -3.67. The van der Waals surface area contributed by atoms with E-state index in [1.807, 2.05) is 74.5 Å². The smallest absolute Gasteiger partial charge is 0.268 e. The molecule has 0 atom stereocenters. The molecule has 0 radical (unpaired) electrons. The van der Waals surface area contributed by atoms with E-state index in [0.717, 1.165) is 16.0 Å². The minimum atomic E-state index is -0.566. The minimum absolute atomic E-state index is 0.0844. The first-order valence-corrected chi connectivity index (χ1v) is 11.3. The molecule has 0 spiro atoms. The number of rotatable bonds is 6. The van der Waals surface area contributed by atoms with Crippen LogP contribution in [0.25, 0.3) is 16.6 Å². The lowest BCUT2D eigenvalue weighted by atomic mass is 10.1. The number of nitrogens with one attached hydrogen (secondary N) is 1. The molecule has 1 amide bonds. The average Bonchev–Trinajstić information content (AvgIpc) is 3.43. The summed E-state index contributed by atoms with van der Waals surface area (Å²) in [6.07, 6.45) is 1.41. The molecule has 2 aromatic carbocycles. The summed E-state index contributed by atoms with van der Waals surface area (Å²) < 4.78 is 5.76. The Bertz CT molecular complexity index is 1330. The number of furan rings is 1. The number of carbonyl (C=O) groups is 1. The molecule has 0 aliphatic rings. The van der Waals surface area contributed by atoms with Gasteiger partial charge in [0.05, 0.1) is 0 Å². The van der Waals surface area contributed by atoms with Crippen molar-refractivity contribution in [2.24, 2.45) is 0 Å². The minimum Gasteiger partial charge on any atom is -0.450 e. The van der Waals surface area contributed by atoms with Gasteiger partial charge in [0.2, 0.25) is 5.13 Å². The highest BCUT2D eigenvalue weighted by atomic mass is 32.2. The Morgan fingerprint density at radius 2 is 1.88 bits per heavy atom. The normalized spacial score (nSPS) is 11.2. The molecule has 4 aromatic rings. The van der Waals surface area contributed by atoms with E-state index in [4.69, 9.17) is 4.42 Å². The molecular formula is C24H18N4O2S2. The van der Waals surface area contributed by atoms with Crippen molar-refractivity contribution in [3.8, 4) is 16.6 Å². The van der Waals surface area contributed by atoms with E-state index in [1.165, 1.54) is 34.7 Å². The molecule has 0 saturated heterocycles. The molecule has 8 heteroatoms. The summed E-state index contributed by atoms with van der Waals surface area (Å²) in [7, 11) is 0. The number of nitrogens with zero attached hydrogens (tertiary/aromatic N) is 3. The van der Waals surface area contributed by atoms with Crippen LogP contribution in [0.3, 0.4) is 0 Å². The Balaban J connectivity index is 1.45. The number of anilines is 1. The van der Waals surface area contributed by atoms with Crippen molar-refractivity contribution in [2.75, 3.05) is 5.32 Å². The number of nitriles is 1. The fourth-order valence-electron chi connectivity index (χ4n) is 2.84. The molecule has 1 N–H and O–H groups in total. The molecule has 2 aromatic heterocycles. The number of hydrogen-bond donors (Lipinski definition) is 1. The molecular weight excluding hydrogens is 440 g/mol. The van der Waals surface area contributed by atoms with Gasteiger partial charge in [-0.25, -0.2) is 0 Å². The lowest BCUT2D eigenvalue weighted by Crippen LogP contribution is -2.13. The van der Waals surface area contributed by atoms with Gasteiger partial charge in [0.1, 0.15) is 22.4 Å². The third kappa shape index (κ3) is 5.14. The van der Waals surface area contributed by atoms with E-state index in [2.05, 4.69) is 15.5 Å². The fraction of sp³-hybridized carbons (Fsp3) is 0.0833. The Kier molecular flexibility index (Phi) is 6.50. The Morgan fingerprint density at radius 3 is 2.62 bits per heavy atom. The number of amides is 1. The van der Waals surface area contributed by atoms with Crippen molar-refractivity contribution in [1.82, 2.24) is 10.2 Å². The molecule has 0 unspecified atom stereocenters. The van der Waals surface area contributed by atoms with Crippen LogP contribution in [0.2, 0.25) is 0 Å².